The predicted octanol–water partition coefficient (Wildman–Crippen LogP) is 4.91. The number of anilines is 1. The van der Waals surface area contributed by atoms with Gasteiger partial charge in [-0.3, -0.25) is 4.79 Å². The fraction of sp³-hybridized carbons (Fsp3) is 0.304. The quantitative estimate of drug-likeness (QED) is 0.547. The van der Waals surface area contributed by atoms with Crippen molar-refractivity contribution in [3.8, 4) is 11.3 Å². The molecule has 1 fully saturated rings. The van der Waals surface area contributed by atoms with Gasteiger partial charge in [0.2, 0.25) is 5.91 Å². The van der Waals surface area contributed by atoms with Crippen LogP contribution in [0.5, 0.6) is 0 Å². The smallest absolute Gasteiger partial charge is 0.234 e. The van der Waals surface area contributed by atoms with Crippen LogP contribution in [0.15, 0.2) is 59.9 Å². The monoisotopic (exact) mass is 425 g/mol. The van der Waals surface area contributed by atoms with E-state index in [1.807, 2.05) is 24.4 Å². The molecule has 1 atom stereocenters. The summed E-state index contributed by atoms with van der Waals surface area (Å²) < 4.78 is 21.7. The standard InChI is InChI=1S/C23H24FN3O2S/c1-16-9-10-18(12-20(16)24)26-22(28)15-30-23-25-13-21(17-6-3-2-4-7-17)27(23)14-19-8-5-11-29-19/h2-4,6-7,9-10,12-13,19H,5,8,11,14-15H2,1H3,(H,26,28). The summed E-state index contributed by atoms with van der Waals surface area (Å²) in [5, 5.41) is 3.52. The number of carbonyl (C=O) groups is 1. The van der Waals surface area contributed by atoms with Gasteiger partial charge in [0.1, 0.15) is 5.82 Å². The van der Waals surface area contributed by atoms with E-state index in [0.29, 0.717) is 17.8 Å². The zero-order valence-corrected chi connectivity index (χ0v) is 17.6. The highest BCUT2D eigenvalue weighted by Gasteiger charge is 2.21. The van der Waals surface area contributed by atoms with Crippen molar-refractivity contribution in [3.05, 3.63) is 66.1 Å². The fourth-order valence-electron chi connectivity index (χ4n) is 3.48. The third kappa shape index (κ3) is 4.91. The minimum absolute atomic E-state index is 0.158. The molecule has 30 heavy (non-hydrogen) atoms. The minimum Gasteiger partial charge on any atom is -0.376 e. The number of nitrogens with zero attached hydrogens (tertiary/aromatic N) is 2. The predicted molar refractivity (Wildman–Crippen MR) is 117 cm³/mol. The molecule has 2 aromatic carbocycles. The number of amides is 1. The number of hydrogen-bond acceptors (Lipinski definition) is 4. The first-order chi connectivity index (χ1) is 14.6. The van der Waals surface area contributed by atoms with Gasteiger partial charge >= 0.3 is 0 Å². The van der Waals surface area contributed by atoms with E-state index in [-0.39, 0.29) is 23.6 Å². The lowest BCUT2D eigenvalue weighted by Gasteiger charge is -2.16. The van der Waals surface area contributed by atoms with Crippen LogP contribution in [0, 0.1) is 12.7 Å². The number of rotatable bonds is 7. The molecule has 1 unspecified atom stereocenters. The third-order valence-electron chi connectivity index (χ3n) is 5.09. The average molecular weight is 426 g/mol. The van der Waals surface area contributed by atoms with Crippen molar-refractivity contribution in [1.29, 1.82) is 0 Å². The van der Waals surface area contributed by atoms with E-state index in [9.17, 15) is 9.18 Å². The van der Waals surface area contributed by atoms with E-state index in [2.05, 4.69) is 27.0 Å². The number of carbonyl (C=O) groups excluding carboxylic acids is 1. The highest BCUT2D eigenvalue weighted by Crippen LogP contribution is 2.28. The summed E-state index contributed by atoms with van der Waals surface area (Å²) >= 11 is 1.37. The Labute approximate surface area is 179 Å². The van der Waals surface area contributed by atoms with Crippen LogP contribution in [0.4, 0.5) is 10.1 Å². The molecule has 1 aliphatic rings. The number of thioether (sulfide) groups is 1. The number of benzene rings is 2. The van der Waals surface area contributed by atoms with Gasteiger partial charge < -0.3 is 14.6 Å². The number of hydrogen-bond donors (Lipinski definition) is 1. The number of ether oxygens (including phenoxy) is 1. The van der Waals surface area contributed by atoms with Gasteiger partial charge in [-0.15, -0.1) is 0 Å². The molecule has 0 saturated carbocycles. The molecule has 3 aromatic rings. The highest BCUT2D eigenvalue weighted by molar-refractivity contribution is 7.99. The minimum atomic E-state index is -0.333. The molecule has 1 N–H and O–H groups in total. The fourth-order valence-corrected chi connectivity index (χ4v) is 4.27. The van der Waals surface area contributed by atoms with Gasteiger partial charge in [-0.1, -0.05) is 48.2 Å². The molecule has 7 heteroatoms. The molecule has 2 heterocycles. The zero-order valence-electron chi connectivity index (χ0n) is 16.8. The van der Waals surface area contributed by atoms with E-state index in [0.717, 1.165) is 35.9 Å². The summed E-state index contributed by atoms with van der Waals surface area (Å²) in [4.78, 5) is 17.0. The van der Waals surface area contributed by atoms with Gasteiger partial charge in [0, 0.05) is 12.3 Å². The molecular formula is C23H24FN3O2S. The third-order valence-corrected chi connectivity index (χ3v) is 6.08. The Morgan fingerprint density at radius 3 is 2.87 bits per heavy atom. The first-order valence-electron chi connectivity index (χ1n) is 10.0. The molecule has 156 valence electrons. The maximum Gasteiger partial charge on any atom is 0.234 e. The van der Waals surface area contributed by atoms with E-state index in [1.54, 1.807) is 19.1 Å². The second-order valence-electron chi connectivity index (χ2n) is 7.34. The first kappa shape index (κ1) is 20.6. The zero-order chi connectivity index (χ0) is 20.9. The normalized spacial score (nSPS) is 16.0. The van der Waals surface area contributed by atoms with Gasteiger partial charge in [-0.05, 0) is 43.0 Å². The molecular weight excluding hydrogens is 401 g/mol. The van der Waals surface area contributed by atoms with Crippen molar-refractivity contribution < 1.29 is 13.9 Å². The van der Waals surface area contributed by atoms with E-state index in [1.165, 1.54) is 17.8 Å². The molecule has 0 aliphatic carbocycles. The Balaban J connectivity index is 1.48. The van der Waals surface area contributed by atoms with Crippen molar-refractivity contribution >= 4 is 23.4 Å². The van der Waals surface area contributed by atoms with Crippen LogP contribution in [0.1, 0.15) is 18.4 Å². The van der Waals surface area contributed by atoms with E-state index < -0.39 is 0 Å². The van der Waals surface area contributed by atoms with Gasteiger partial charge in [-0.2, -0.15) is 0 Å². The van der Waals surface area contributed by atoms with Gasteiger partial charge in [0.25, 0.3) is 0 Å². The summed E-state index contributed by atoms with van der Waals surface area (Å²) in [7, 11) is 0. The molecule has 0 spiro atoms. The number of imidazole rings is 1. The summed E-state index contributed by atoms with van der Waals surface area (Å²) in [6, 6.07) is 14.8. The van der Waals surface area contributed by atoms with Crippen LogP contribution >= 0.6 is 11.8 Å². The van der Waals surface area contributed by atoms with Crippen molar-refractivity contribution in [1.82, 2.24) is 9.55 Å². The number of nitrogens with one attached hydrogen (secondary N) is 1. The lowest BCUT2D eigenvalue weighted by atomic mass is 10.1. The SMILES string of the molecule is Cc1ccc(NC(=O)CSc2ncc(-c3ccccc3)n2CC2CCCO2)cc1F. The summed E-state index contributed by atoms with van der Waals surface area (Å²) in [6.07, 6.45) is 4.10. The van der Waals surface area contributed by atoms with Crippen molar-refractivity contribution in [2.45, 2.75) is 37.6 Å². The molecule has 1 amide bonds. The Bertz CT molecular complexity index is 1020. The summed E-state index contributed by atoms with van der Waals surface area (Å²) in [5.74, 6) is -0.344. The Hall–Kier alpha value is -2.64. The molecule has 1 saturated heterocycles. The molecule has 0 radical (unpaired) electrons. The van der Waals surface area contributed by atoms with Crippen molar-refractivity contribution in [2.75, 3.05) is 17.7 Å². The molecule has 0 bridgehead atoms. The van der Waals surface area contributed by atoms with Crippen LogP contribution in [0.2, 0.25) is 0 Å². The van der Waals surface area contributed by atoms with Crippen LogP contribution in [0.25, 0.3) is 11.3 Å². The van der Waals surface area contributed by atoms with Gasteiger partial charge in [0.15, 0.2) is 5.16 Å². The number of aryl methyl sites for hydroxylation is 1. The topological polar surface area (TPSA) is 56.2 Å². The number of halogens is 1. The van der Waals surface area contributed by atoms with Crippen molar-refractivity contribution in [2.24, 2.45) is 0 Å². The molecule has 1 aliphatic heterocycles. The van der Waals surface area contributed by atoms with Crippen molar-refractivity contribution in [3.63, 3.8) is 0 Å². The maximum atomic E-state index is 13.7. The second-order valence-corrected chi connectivity index (χ2v) is 8.28. The second kappa shape index (κ2) is 9.45. The first-order valence-corrected chi connectivity index (χ1v) is 11.0. The Morgan fingerprint density at radius 2 is 2.13 bits per heavy atom. The summed E-state index contributed by atoms with van der Waals surface area (Å²) in [6.45, 7) is 3.18. The lowest BCUT2D eigenvalue weighted by Crippen LogP contribution is -2.18. The van der Waals surface area contributed by atoms with E-state index >= 15 is 0 Å². The van der Waals surface area contributed by atoms with Gasteiger partial charge in [-0.25, -0.2) is 9.37 Å². The van der Waals surface area contributed by atoms with Crippen LogP contribution in [-0.2, 0) is 16.1 Å². The molecule has 5 nitrogen and oxygen atoms in total. The number of aromatic nitrogens is 2. The van der Waals surface area contributed by atoms with E-state index in [4.69, 9.17) is 4.74 Å². The van der Waals surface area contributed by atoms with Crippen LogP contribution in [-0.4, -0.2) is 33.9 Å². The Morgan fingerprint density at radius 1 is 1.30 bits per heavy atom. The largest absolute Gasteiger partial charge is 0.376 e. The van der Waals surface area contributed by atoms with Crippen LogP contribution < -0.4 is 5.32 Å². The van der Waals surface area contributed by atoms with Gasteiger partial charge in [0.05, 0.1) is 30.3 Å². The highest BCUT2D eigenvalue weighted by atomic mass is 32.2. The summed E-state index contributed by atoms with van der Waals surface area (Å²) in [5.41, 5.74) is 3.09. The Kier molecular flexibility index (Phi) is 6.50. The molecule has 4 rings (SSSR count). The lowest BCUT2D eigenvalue weighted by molar-refractivity contribution is -0.113. The van der Waals surface area contributed by atoms with Crippen LogP contribution in [0.3, 0.4) is 0 Å². The average Bonchev–Trinajstić information content (AvgIpc) is 3.40. The maximum absolute atomic E-state index is 13.7. The molecule has 1 aromatic heterocycles.